The summed E-state index contributed by atoms with van der Waals surface area (Å²) in [4.78, 5) is 13.0. The fourth-order valence-electron chi connectivity index (χ4n) is 2.80. The smallest absolute Gasteiger partial charge is 0.211 e. The molecule has 0 fully saturated rings. The minimum absolute atomic E-state index is 0.540. The summed E-state index contributed by atoms with van der Waals surface area (Å²) in [5, 5.41) is 0.657. The van der Waals surface area contributed by atoms with Crippen molar-refractivity contribution in [2.45, 2.75) is 6.42 Å². The highest BCUT2D eigenvalue weighted by molar-refractivity contribution is 7.22. The summed E-state index contributed by atoms with van der Waals surface area (Å²) in [5.41, 5.74) is 10.4. The highest BCUT2D eigenvalue weighted by atomic mass is 32.1. The molecule has 0 bridgehead atoms. The van der Waals surface area contributed by atoms with Gasteiger partial charge in [0.15, 0.2) is 0 Å². The molecule has 2 N–H and O–H groups in total. The van der Waals surface area contributed by atoms with Crippen molar-refractivity contribution in [2.24, 2.45) is 10.7 Å². The number of amidine groups is 1. The summed E-state index contributed by atoms with van der Waals surface area (Å²) < 4.78 is 6.28. The maximum absolute atomic E-state index is 6.15. The van der Waals surface area contributed by atoms with E-state index in [4.69, 9.17) is 10.5 Å². The third-order valence-electron chi connectivity index (χ3n) is 4.18. The van der Waals surface area contributed by atoms with Crippen LogP contribution in [-0.4, -0.2) is 22.9 Å². The Bertz CT molecular complexity index is 1090. The van der Waals surface area contributed by atoms with Crippen molar-refractivity contribution < 1.29 is 4.74 Å². The summed E-state index contributed by atoms with van der Waals surface area (Å²) in [6.45, 7) is 0. The average Bonchev–Trinajstić information content (AvgIpc) is 3.10. The molecule has 4 rings (SSSR count). The van der Waals surface area contributed by atoms with E-state index < -0.39 is 0 Å². The fourth-order valence-corrected chi connectivity index (χ4v) is 3.70. The molecule has 4 aromatic rings. The summed E-state index contributed by atoms with van der Waals surface area (Å²) in [7, 11) is 1.65. The molecule has 2 heterocycles. The molecule has 0 radical (unpaired) electrons. The third kappa shape index (κ3) is 3.96. The van der Waals surface area contributed by atoms with Gasteiger partial charge in [0.1, 0.15) is 11.6 Å². The van der Waals surface area contributed by atoms with E-state index in [1.54, 1.807) is 19.5 Å². The monoisotopic (exact) mass is 374 g/mol. The van der Waals surface area contributed by atoms with Gasteiger partial charge in [-0.1, -0.05) is 35.6 Å². The first kappa shape index (κ1) is 17.2. The van der Waals surface area contributed by atoms with Crippen LogP contribution in [0.25, 0.3) is 21.3 Å². The van der Waals surface area contributed by atoms with E-state index in [0.29, 0.717) is 17.4 Å². The van der Waals surface area contributed by atoms with Gasteiger partial charge in [0.05, 0.1) is 17.3 Å². The number of fused-ring (bicyclic) bond motifs is 1. The molecule has 0 aliphatic rings. The lowest BCUT2D eigenvalue weighted by molar-refractivity contribution is 0.415. The summed E-state index contributed by atoms with van der Waals surface area (Å²) >= 11 is 1.50. The molecule has 0 aliphatic heterocycles. The Kier molecular flexibility index (Phi) is 4.80. The van der Waals surface area contributed by atoms with E-state index >= 15 is 0 Å². The van der Waals surface area contributed by atoms with Crippen LogP contribution in [0.4, 0.5) is 5.13 Å². The molecule has 0 spiro atoms. The number of aromatic nitrogens is 2. The van der Waals surface area contributed by atoms with Gasteiger partial charge in [-0.2, -0.15) is 0 Å². The van der Waals surface area contributed by atoms with Gasteiger partial charge in [-0.05, 0) is 47.0 Å². The van der Waals surface area contributed by atoms with E-state index in [1.807, 2.05) is 30.3 Å². The number of benzene rings is 2. The number of ether oxygens (including phenoxy) is 1. The minimum atomic E-state index is 0.540. The molecule has 0 atom stereocenters. The molecule has 6 heteroatoms. The van der Waals surface area contributed by atoms with Gasteiger partial charge < -0.3 is 10.5 Å². The Labute approximate surface area is 161 Å². The van der Waals surface area contributed by atoms with E-state index in [-0.39, 0.29) is 0 Å². The number of nitrogens with zero attached hydrogens (tertiary/aromatic N) is 3. The maximum Gasteiger partial charge on any atom is 0.211 e. The van der Waals surface area contributed by atoms with Crippen LogP contribution in [0.15, 0.2) is 72.0 Å². The number of nitrogens with two attached hydrogens (primary N) is 1. The van der Waals surface area contributed by atoms with Crippen LogP contribution in [0, 0.1) is 0 Å². The predicted octanol–water partition coefficient (Wildman–Crippen LogP) is 4.60. The molecule has 5 nitrogen and oxygen atoms in total. The van der Waals surface area contributed by atoms with Crippen molar-refractivity contribution in [3.63, 3.8) is 0 Å². The van der Waals surface area contributed by atoms with Crippen LogP contribution in [0.2, 0.25) is 0 Å². The normalized spacial score (nSPS) is 11.7. The second kappa shape index (κ2) is 7.55. The zero-order valence-corrected chi connectivity index (χ0v) is 15.6. The topological polar surface area (TPSA) is 73.4 Å². The van der Waals surface area contributed by atoms with E-state index in [9.17, 15) is 0 Å². The second-order valence-corrected chi connectivity index (χ2v) is 7.05. The lowest BCUT2D eigenvalue weighted by Gasteiger charge is -2.04. The van der Waals surface area contributed by atoms with Crippen molar-refractivity contribution >= 4 is 32.5 Å². The molecule has 2 aromatic carbocycles. The Morgan fingerprint density at radius 2 is 1.78 bits per heavy atom. The molecular formula is C21H18N4OS. The average molecular weight is 374 g/mol. The first-order valence-corrected chi connectivity index (χ1v) is 9.30. The molecule has 134 valence electrons. The number of rotatable bonds is 5. The zero-order chi connectivity index (χ0) is 18.6. The van der Waals surface area contributed by atoms with Crippen molar-refractivity contribution in [2.75, 3.05) is 7.11 Å². The number of aliphatic imine (C=N–C) groups is 1. The predicted molar refractivity (Wildman–Crippen MR) is 111 cm³/mol. The summed E-state index contributed by atoms with van der Waals surface area (Å²) in [5.74, 6) is 1.35. The Morgan fingerprint density at radius 3 is 2.52 bits per heavy atom. The lowest BCUT2D eigenvalue weighted by Crippen LogP contribution is -2.14. The number of pyridine rings is 1. The molecular weight excluding hydrogens is 356 g/mol. The first-order valence-electron chi connectivity index (χ1n) is 8.48. The van der Waals surface area contributed by atoms with Crippen LogP contribution in [0.1, 0.15) is 5.56 Å². The zero-order valence-electron chi connectivity index (χ0n) is 14.8. The largest absolute Gasteiger partial charge is 0.497 e. The maximum atomic E-state index is 6.15. The van der Waals surface area contributed by atoms with E-state index in [2.05, 4.69) is 39.2 Å². The highest BCUT2D eigenvalue weighted by Gasteiger charge is 2.06. The number of hydrogen-bond acceptors (Lipinski definition) is 5. The number of hydrogen-bond donors (Lipinski definition) is 1. The standard InChI is InChI=1S/C21H18N4OS/c1-26-17-6-7-18-19(13-17)27-21(24-18)25-20(22)12-14-2-4-15(5-3-14)16-8-10-23-11-9-16/h2-11,13H,12H2,1H3,(H2,22,24,25). The quantitative estimate of drug-likeness (QED) is 0.409. The van der Waals surface area contributed by atoms with Crippen LogP contribution < -0.4 is 10.5 Å². The van der Waals surface area contributed by atoms with Gasteiger partial charge >= 0.3 is 0 Å². The van der Waals surface area contributed by atoms with Gasteiger partial charge in [-0.3, -0.25) is 4.98 Å². The van der Waals surface area contributed by atoms with Gasteiger partial charge in [0.25, 0.3) is 0 Å². The van der Waals surface area contributed by atoms with Gasteiger partial charge in [0, 0.05) is 18.8 Å². The molecule has 0 amide bonds. The Morgan fingerprint density at radius 1 is 1.04 bits per heavy atom. The van der Waals surface area contributed by atoms with Gasteiger partial charge in [-0.15, -0.1) is 0 Å². The Balaban J connectivity index is 1.50. The molecule has 0 aliphatic carbocycles. The molecule has 2 aromatic heterocycles. The van der Waals surface area contributed by atoms with Crippen molar-refractivity contribution in [3.8, 4) is 16.9 Å². The number of methoxy groups -OCH3 is 1. The van der Waals surface area contributed by atoms with Crippen LogP contribution in [0.3, 0.4) is 0 Å². The van der Waals surface area contributed by atoms with Crippen molar-refractivity contribution in [1.29, 1.82) is 0 Å². The molecule has 0 unspecified atom stereocenters. The molecule has 27 heavy (non-hydrogen) atoms. The summed E-state index contributed by atoms with van der Waals surface area (Å²) in [6, 6.07) is 18.1. The molecule has 0 saturated carbocycles. The number of thiazole rings is 1. The van der Waals surface area contributed by atoms with Crippen LogP contribution in [0.5, 0.6) is 5.75 Å². The second-order valence-electron chi connectivity index (χ2n) is 6.04. The van der Waals surface area contributed by atoms with Gasteiger partial charge in [0.2, 0.25) is 5.13 Å². The van der Waals surface area contributed by atoms with Crippen LogP contribution in [-0.2, 0) is 6.42 Å². The van der Waals surface area contributed by atoms with Crippen molar-refractivity contribution in [1.82, 2.24) is 9.97 Å². The molecule has 0 saturated heterocycles. The summed E-state index contributed by atoms with van der Waals surface area (Å²) in [6.07, 6.45) is 4.17. The van der Waals surface area contributed by atoms with Gasteiger partial charge in [-0.25, -0.2) is 9.98 Å². The van der Waals surface area contributed by atoms with E-state index in [1.165, 1.54) is 11.3 Å². The minimum Gasteiger partial charge on any atom is -0.497 e. The van der Waals surface area contributed by atoms with Crippen LogP contribution >= 0.6 is 11.3 Å². The third-order valence-corrected chi connectivity index (χ3v) is 5.09. The van der Waals surface area contributed by atoms with E-state index in [0.717, 1.165) is 32.7 Å². The lowest BCUT2D eigenvalue weighted by atomic mass is 10.0. The Hall–Kier alpha value is -3.25. The fraction of sp³-hybridized carbons (Fsp3) is 0.0952. The van der Waals surface area contributed by atoms with Crippen molar-refractivity contribution in [3.05, 3.63) is 72.6 Å². The highest BCUT2D eigenvalue weighted by Crippen LogP contribution is 2.30. The SMILES string of the molecule is COc1ccc2nc(N=C(N)Cc3ccc(-c4ccncc4)cc3)sc2c1. The first-order chi connectivity index (χ1) is 13.2.